The van der Waals surface area contributed by atoms with Crippen molar-refractivity contribution in [1.82, 2.24) is 0 Å². The van der Waals surface area contributed by atoms with Crippen LogP contribution in [0.2, 0.25) is 5.02 Å². The van der Waals surface area contributed by atoms with Crippen LogP contribution in [0.15, 0.2) is 41.3 Å². The molecule has 0 radical (unpaired) electrons. The second kappa shape index (κ2) is 8.87. The van der Waals surface area contributed by atoms with Crippen LogP contribution in [0.3, 0.4) is 0 Å². The molecule has 0 spiro atoms. The van der Waals surface area contributed by atoms with Gasteiger partial charge >= 0.3 is 12.1 Å². The van der Waals surface area contributed by atoms with Crippen molar-refractivity contribution in [3.05, 3.63) is 62.7 Å². The van der Waals surface area contributed by atoms with Crippen LogP contribution in [0, 0.1) is 10.1 Å². The Bertz CT molecular complexity index is 1170. The number of carbonyl (C=O) groups is 2. The molecule has 0 aliphatic heterocycles. The van der Waals surface area contributed by atoms with Gasteiger partial charge in [-0.3, -0.25) is 14.9 Å². The van der Waals surface area contributed by atoms with Gasteiger partial charge in [0.25, 0.3) is 11.6 Å². The number of sulfonamides is 1. The Morgan fingerprint density at radius 1 is 1.19 bits per heavy atom. The number of nitrogens with zero attached hydrogens (tertiary/aromatic N) is 1. The minimum Gasteiger partial charge on any atom is -0.452 e. The first-order chi connectivity index (χ1) is 14.2. The highest BCUT2D eigenvalue weighted by molar-refractivity contribution is 7.89. The zero-order valence-corrected chi connectivity index (χ0v) is 16.5. The number of hydrogen-bond donors (Lipinski definition) is 2. The number of carbonyl (C=O) groups excluding carboxylic acids is 2. The van der Waals surface area contributed by atoms with Crippen LogP contribution in [0.5, 0.6) is 0 Å². The smallest absolute Gasteiger partial charge is 0.416 e. The number of nitro groups is 1. The topological polar surface area (TPSA) is 159 Å². The zero-order valence-electron chi connectivity index (χ0n) is 15.0. The number of nitro benzene ring substituents is 1. The molecule has 0 bridgehead atoms. The van der Waals surface area contributed by atoms with Crippen molar-refractivity contribution in [3.63, 3.8) is 0 Å². The van der Waals surface area contributed by atoms with Gasteiger partial charge in [0.1, 0.15) is 10.6 Å². The van der Waals surface area contributed by atoms with E-state index in [1.165, 1.54) is 0 Å². The number of anilines is 1. The van der Waals surface area contributed by atoms with Gasteiger partial charge in [-0.25, -0.2) is 18.4 Å². The van der Waals surface area contributed by atoms with Crippen LogP contribution in [-0.4, -0.2) is 31.8 Å². The van der Waals surface area contributed by atoms with E-state index < -0.39 is 61.4 Å². The van der Waals surface area contributed by atoms with E-state index in [9.17, 15) is 41.3 Å². The predicted molar refractivity (Wildman–Crippen MR) is 99.8 cm³/mol. The number of ether oxygens (including phenoxy) is 1. The highest BCUT2D eigenvalue weighted by atomic mass is 35.5. The summed E-state index contributed by atoms with van der Waals surface area (Å²) in [5, 5.41) is 17.7. The summed E-state index contributed by atoms with van der Waals surface area (Å²) in [4.78, 5) is 33.2. The van der Waals surface area contributed by atoms with Crippen molar-refractivity contribution < 1.29 is 40.8 Å². The second-order valence-electron chi connectivity index (χ2n) is 5.80. The number of benzene rings is 2. The molecule has 2 aromatic carbocycles. The Morgan fingerprint density at radius 2 is 1.84 bits per heavy atom. The van der Waals surface area contributed by atoms with Crippen LogP contribution < -0.4 is 10.5 Å². The Balaban J connectivity index is 2.12. The fourth-order valence-corrected chi connectivity index (χ4v) is 3.29. The van der Waals surface area contributed by atoms with E-state index in [4.69, 9.17) is 16.7 Å². The predicted octanol–water partition coefficient (Wildman–Crippen LogP) is 2.71. The molecule has 0 aliphatic carbocycles. The monoisotopic (exact) mass is 481 g/mol. The van der Waals surface area contributed by atoms with E-state index in [1.807, 2.05) is 5.32 Å². The van der Waals surface area contributed by atoms with Crippen molar-refractivity contribution in [2.45, 2.75) is 11.1 Å². The van der Waals surface area contributed by atoms with Gasteiger partial charge in [0.15, 0.2) is 6.61 Å². The van der Waals surface area contributed by atoms with Crippen molar-refractivity contribution in [2.75, 3.05) is 11.9 Å². The fourth-order valence-electron chi connectivity index (χ4n) is 2.21. The number of amides is 1. The van der Waals surface area contributed by atoms with E-state index in [1.54, 1.807) is 0 Å². The number of nitrogens with one attached hydrogen (secondary N) is 1. The minimum absolute atomic E-state index is 0.240. The third-order valence-corrected chi connectivity index (χ3v) is 5.00. The van der Waals surface area contributed by atoms with E-state index in [2.05, 4.69) is 4.74 Å². The summed E-state index contributed by atoms with van der Waals surface area (Å²) in [6.07, 6.45) is -4.84. The molecule has 166 valence electrons. The Hall–Kier alpha value is -3.23. The average Bonchev–Trinajstić information content (AvgIpc) is 2.64. The third-order valence-electron chi connectivity index (χ3n) is 3.60. The van der Waals surface area contributed by atoms with Crippen LogP contribution >= 0.6 is 11.6 Å². The molecule has 0 aliphatic rings. The molecule has 31 heavy (non-hydrogen) atoms. The van der Waals surface area contributed by atoms with Crippen LogP contribution in [0.4, 0.5) is 24.5 Å². The molecular formula is C16H11ClF3N3O7S. The van der Waals surface area contributed by atoms with Gasteiger partial charge in [0.2, 0.25) is 10.0 Å². The van der Waals surface area contributed by atoms with E-state index in [-0.39, 0.29) is 16.7 Å². The zero-order chi connectivity index (χ0) is 23.6. The molecule has 1 amide bonds. The van der Waals surface area contributed by atoms with Gasteiger partial charge in [-0.1, -0.05) is 11.6 Å². The van der Waals surface area contributed by atoms with E-state index in [0.717, 1.165) is 18.2 Å². The Morgan fingerprint density at radius 3 is 2.39 bits per heavy atom. The maximum absolute atomic E-state index is 12.7. The number of halogens is 4. The number of hydrogen-bond acceptors (Lipinski definition) is 7. The van der Waals surface area contributed by atoms with Crippen LogP contribution in [0.1, 0.15) is 15.9 Å². The molecule has 15 heteroatoms. The first kappa shape index (κ1) is 24.0. The van der Waals surface area contributed by atoms with Gasteiger partial charge in [0, 0.05) is 6.07 Å². The normalized spacial score (nSPS) is 11.6. The SMILES string of the molecule is NS(=O)(=O)c1cc(C(=O)OCC(=O)Nc2ccc(C(F)(F)F)cc2[N+](=O)[O-])ccc1Cl. The highest BCUT2D eigenvalue weighted by Crippen LogP contribution is 2.35. The van der Waals surface area contributed by atoms with E-state index in [0.29, 0.717) is 12.1 Å². The lowest BCUT2D eigenvalue weighted by Gasteiger charge is -2.10. The van der Waals surface area contributed by atoms with Crippen LogP contribution in [0.25, 0.3) is 0 Å². The quantitative estimate of drug-likeness (QED) is 0.364. The summed E-state index contributed by atoms with van der Waals surface area (Å²) >= 11 is 5.68. The summed E-state index contributed by atoms with van der Waals surface area (Å²) in [7, 11) is -4.25. The number of rotatable bonds is 6. The molecule has 2 rings (SSSR count). The van der Waals surface area contributed by atoms with Crippen LogP contribution in [-0.2, 0) is 25.7 Å². The van der Waals surface area contributed by atoms with Gasteiger partial charge in [-0.05, 0) is 30.3 Å². The lowest BCUT2D eigenvalue weighted by atomic mass is 10.1. The van der Waals surface area contributed by atoms with Gasteiger partial charge in [0.05, 0.1) is 21.1 Å². The first-order valence-corrected chi connectivity index (χ1v) is 9.77. The summed E-state index contributed by atoms with van der Waals surface area (Å²) in [5.74, 6) is -2.25. The number of primary sulfonamides is 1. The molecule has 0 heterocycles. The fraction of sp³-hybridized carbons (Fsp3) is 0.125. The summed E-state index contributed by atoms with van der Waals surface area (Å²) in [5.41, 5.74) is -3.19. The van der Waals surface area contributed by atoms with Crippen molar-refractivity contribution in [1.29, 1.82) is 0 Å². The largest absolute Gasteiger partial charge is 0.452 e. The summed E-state index contributed by atoms with van der Waals surface area (Å²) < 4.78 is 65.6. The Kier molecular flexibility index (Phi) is 6.88. The molecule has 2 aromatic rings. The standard InChI is InChI=1S/C16H11ClF3N3O7S/c17-10-3-1-8(5-13(10)31(21,28)29)15(25)30-7-14(24)22-11-4-2-9(16(18,19)20)6-12(11)23(26)27/h1-6H,7H2,(H,22,24)(H2,21,28,29). The second-order valence-corrected chi connectivity index (χ2v) is 7.74. The molecule has 0 atom stereocenters. The lowest BCUT2D eigenvalue weighted by Crippen LogP contribution is -2.22. The molecular weight excluding hydrogens is 471 g/mol. The van der Waals surface area contributed by atoms with Crippen molar-refractivity contribution in [2.24, 2.45) is 5.14 Å². The van der Waals surface area contributed by atoms with Gasteiger partial charge in [-0.2, -0.15) is 13.2 Å². The summed E-state index contributed by atoms with van der Waals surface area (Å²) in [6.45, 7) is -0.982. The highest BCUT2D eigenvalue weighted by Gasteiger charge is 2.33. The third kappa shape index (κ3) is 6.13. The molecule has 0 unspecified atom stereocenters. The first-order valence-electron chi connectivity index (χ1n) is 7.85. The molecule has 0 fully saturated rings. The molecule has 0 saturated heterocycles. The molecule has 0 saturated carbocycles. The lowest BCUT2D eigenvalue weighted by molar-refractivity contribution is -0.384. The number of esters is 1. The number of nitrogens with two attached hydrogens (primary N) is 1. The number of alkyl halides is 3. The maximum atomic E-state index is 12.7. The van der Waals surface area contributed by atoms with Crippen molar-refractivity contribution in [3.8, 4) is 0 Å². The van der Waals surface area contributed by atoms with Crippen molar-refractivity contribution >= 4 is 44.9 Å². The Labute approximate surface area is 176 Å². The summed E-state index contributed by atoms with van der Waals surface area (Å²) in [6, 6.07) is 4.42. The average molecular weight is 482 g/mol. The molecule has 10 nitrogen and oxygen atoms in total. The van der Waals surface area contributed by atoms with Gasteiger partial charge < -0.3 is 10.1 Å². The van der Waals surface area contributed by atoms with Gasteiger partial charge in [-0.15, -0.1) is 0 Å². The van der Waals surface area contributed by atoms with E-state index >= 15 is 0 Å². The molecule has 0 aromatic heterocycles. The maximum Gasteiger partial charge on any atom is 0.416 e. The minimum atomic E-state index is -4.84. The molecule has 3 N–H and O–H groups in total.